The van der Waals surface area contributed by atoms with E-state index >= 15 is 0 Å². The van der Waals surface area contributed by atoms with Crippen LogP contribution in [0.5, 0.6) is 0 Å². The Morgan fingerprint density at radius 3 is 2.97 bits per heavy atom. The number of rotatable bonds is 7. The van der Waals surface area contributed by atoms with Crippen LogP contribution in [0.25, 0.3) is 16.6 Å². The van der Waals surface area contributed by atoms with Crippen LogP contribution in [0.1, 0.15) is 51.1 Å². The smallest absolute Gasteiger partial charge is 0.0922 e. The van der Waals surface area contributed by atoms with Crippen LogP contribution in [0.2, 0.25) is 0 Å². The quantitative estimate of drug-likeness (QED) is 0.664. The van der Waals surface area contributed by atoms with Gasteiger partial charge in [0.25, 0.3) is 0 Å². The van der Waals surface area contributed by atoms with E-state index < -0.39 is 0 Å². The number of nitrogens with one attached hydrogen (secondary N) is 2. The van der Waals surface area contributed by atoms with Gasteiger partial charge in [0.2, 0.25) is 0 Å². The number of hydrogen-bond acceptors (Lipinski definition) is 6. The zero-order valence-electron chi connectivity index (χ0n) is 18.6. The third kappa shape index (κ3) is 4.31. The van der Waals surface area contributed by atoms with E-state index in [1.54, 1.807) is 6.20 Å². The predicted molar refractivity (Wildman–Crippen MR) is 128 cm³/mol. The van der Waals surface area contributed by atoms with E-state index in [-0.39, 0.29) is 0 Å². The SMILES string of the molecule is CCCC1CC(N/C=C(\C=N)c2cnc3ccc(N4CCN5CCCC5C4)cc3n2)C1. The van der Waals surface area contributed by atoms with Crippen molar-refractivity contribution >= 4 is 28.5 Å². The first-order chi connectivity index (χ1) is 15.2. The van der Waals surface area contributed by atoms with Crippen molar-refractivity contribution < 1.29 is 0 Å². The summed E-state index contributed by atoms with van der Waals surface area (Å²) >= 11 is 0. The van der Waals surface area contributed by atoms with Crippen LogP contribution >= 0.6 is 0 Å². The van der Waals surface area contributed by atoms with Crippen LogP contribution in [0, 0.1) is 11.3 Å². The highest BCUT2D eigenvalue weighted by Crippen LogP contribution is 2.31. The number of aromatic nitrogens is 2. The highest BCUT2D eigenvalue weighted by atomic mass is 15.3. The average Bonchev–Trinajstić information content (AvgIpc) is 3.25. The van der Waals surface area contributed by atoms with Gasteiger partial charge >= 0.3 is 0 Å². The fraction of sp³-hybridized carbons (Fsp3) is 0.560. The molecule has 2 aliphatic heterocycles. The minimum absolute atomic E-state index is 0.528. The summed E-state index contributed by atoms with van der Waals surface area (Å²) in [7, 11) is 0. The summed E-state index contributed by atoms with van der Waals surface area (Å²) < 4.78 is 0. The van der Waals surface area contributed by atoms with E-state index in [2.05, 4.69) is 45.2 Å². The summed E-state index contributed by atoms with van der Waals surface area (Å²) in [6, 6.07) is 7.66. The zero-order chi connectivity index (χ0) is 21.2. The molecule has 2 aromatic rings. The number of hydrogen-bond donors (Lipinski definition) is 2. The van der Waals surface area contributed by atoms with Gasteiger partial charge in [0.05, 0.1) is 22.9 Å². The topological polar surface area (TPSA) is 68.1 Å². The maximum atomic E-state index is 7.89. The van der Waals surface area contributed by atoms with Gasteiger partial charge in [0.15, 0.2) is 0 Å². The molecule has 5 rings (SSSR count). The largest absolute Gasteiger partial charge is 0.388 e. The number of benzene rings is 1. The molecular weight excluding hydrogens is 384 g/mol. The third-order valence-electron chi connectivity index (χ3n) is 7.34. The van der Waals surface area contributed by atoms with Crippen LogP contribution < -0.4 is 10.2 Å². The van der Waals surface area contributed by atoms with Crippen molar-refractivity contribution in [1.82, 2.24) is 20.2 Å². The molecule has 164 valence electrons. The molecule has 0 radical (unpaired) electrons. The number of anilines is 1. The molecule has 1 unspecified atom stereocenters. The Balaban J connectivity index is 1.31. The summed E-state index contributed by atoms with van der Waals surface area (Å²) in [5, 5.41) is 11.4. The van der Waals surface area contributed by atoms with Crippen LogP contribution in [-0.4, -0.2) is 59.3 Å². The molecule has 2 N–H and O–H groups in total. The molecule has 1 aromatic carbocycles. The normalized spacial score (nSPS) is 26.5. The first-order valence-electron chi connectivity index (χ1n) is 12.0. The monoisotopic (exact) mass is 418 g/mol. The van der Waals surface area contributed by atoms with Crippen molar-refractivity contribution in [3.8, 4) is 0 Å². The Kier molecular flexibility index (Phi) is 5.90. The molecule has 3 fully saturated rings. The van der Waals surface area contributed by atoms with E-state index in [0.717, 1.165) is 47.9 Å². The lowest BCUT2D eigenvalue weighted by molar-refractivity contribution is 0.225. The summed E-state index contributed by atoms with van der Waals surface area (Å²) in [6.45, 7) is 6.85. The first kappa shape index (κ1) is 20.4. The molecule has 3 aliphatic rings. The Labute approximate surface area is 185 Å². The number of fused-ring (bicyclic) bond motifs is 2. The summed E-state index contributed by atoms with van der Waals surface area (Å²) in [6.07, 6.45) is 12.8. The minimum Gasteiger partial charge on any atom is -0.388 e. The Bertz CT molecular complexity index is 964. The van der Waals surface area contributed by atoms with Crippen molar-refractivity contribution in [2.75, 3.05) is 31.1 Å². The van der Waals surface area contributed by atoms with Gasteiger partial charge in [-0.25, -0.2) is 4.98 Å². The Hall–Kier alpha value is -2.47. The van der Waals surface area contributed by atoms with Gasteiger partial charge in [0.1, 0.15) is 0 Å². The molecule has 1 aliphatic carbocycles. The average molecular weight is 419 g/mol. The fourth-order valence-electron chi connectivity index (χ4n) is 5.47. The van der Waals surface area contributed by atoms with E-state index in [9.17, 15) is 0 Å². The Morgan fingerprint density at radius 1 is 1.23 bits per heavy atom. The van der Waals surface area contributed by atoms with E-state index in [1.165, 1.54) is 57.0 Å². The third-order valence-corrected chi connectivity index (χ3v) is 7.34. The second kappa shape index (κ2) is 8.95. The number of piperazine rings is 1. The lowest BCUT2D eigenvalue weighted by atomic mass is 9.78. The van der Waals surface area contributed by atoms with Gasteiger partial charge in [-0.05, 0) is 56.3 Å². The van der Waals surface area contributed by atoms with Crippen molar-refractivity contribution in [3.63, 3.8) is 0 Å². The van der Waals surface area contributed by atoms with Gasteiger partial charge in [-0.15, -0.1) is 0 Å². The lowest BCUT2D eigenvalue weighted by Crippen LogP contribution is -2.50. The van der Waals surface area contributed by atoms with Gasteiger partial charge < -0.3 is 15.6 Å². The van der Waals surface area contributed by atoms with E-state index in [0.29, 0.717) is 12.1 Å². The summed E-state index contributed by atoms with van der Waals surface area (Å²) in [4.78, 5) is 14.6. The second-order valence-electron chi connectivity index (χ2n) is 9.44. The van der Waals surface area contributed by atoms with Crippen molar-refractivity contribution in [2.24, 2.45) is 5.92 Å². The van der Waals surface area contributed by atoms with Gasteiger partial charge in [-0.3, -0.25) is 9.88 Å². The molecule has 0 amide bonds. The second-order valence-corrected chi connectivity index (χ2v) is 9.44. The van der Waals surface area contributed by atoms with Crippen LogP contribution in [0.3, 0.4) is 0 Å². The minimum atomic E-state index is 0.528. The van der Waals surface area contributed by atoms with Crippen molar-refractivity contribution in [2.45, 2.75) is 57.5 Å². The molecule has 1 saturated carbocycles. The van der Waals surface area contributed by atoms with E-state index in [1.807, 2.05) is 6.20 Å². The molecule has 31 heavy (non-hydrogen) atoms. The lowest BCUT2D eigenvalue weighted by Gasteiger charge is -2.38. The molecule has 2 saturated heterocycles. The van der Waals surface area contributed by atoms with Crippen LogP contribution in [0.15, 0.2) is 30.6 Å². The van der Waals surface area contributed by atoms with Gasteiger partial charge in [0, 0.05) is 55.4 Å². The number of allylic oxidation sites excluding steroid dienone is 1. The van der Waals surface area contributed by atoms with E-state index in [4.69, 9.17) is 10.4 Å². The molecular formula is C25H34N6. The standard InChI is InChI=1S/C25H34N6/c1-2-4-18-11-20(12-18)27-15-19(14-26)25-16-28-23-7-6-21(13-24(23)29-25)31-10-9-30-8-3-5-22(30)17-31/h6-7,13-16,18,20,22,26-27H,2-5,8-12,17H2,1H3/b19-15+,26-14?. The van der Waals surface area contributed by atoms with Gasteiger partial charge in [-0.2, -0.15) is 0 Å². The summed E-state index contributed by atoms with van der Waals surface area (Å²) in [5.41, 5.74) is 4.60. The van der Waals surface area contributed by atoms with Crippen LogP contribution in [-0.2, 0) is 0 Å². The van der Waals surface area contributed by atoms with Crippen molar-refractivity contribution in [3.05, 3.63) is 36.3 Å². The predicted octanol–water partition coefficient (Wildman–Crippen LogP) is 4.07. The molecule has 3 heterocycles. The highest BCUT2D eigenvalue weighted by Gasteiger charge is 2.30. The molecule has 1 atom stereocenters. The zero-order valence-corrected chi connectivity index (χ0v) is 18.6. The molecule has 6 heteroatoms. The first-order valence-corrected chi connectivity index (χ1v) is 12.0. The maximum Gasteiger partial charge on any atom is 0.0922 e. The highest BCUT2D eigenvalue weighted by molar-refractivity contribution is 6.07. The Morgan fingerprint density at radius 2 is 2.13 bits per heavy atom. The molecule has 0 bridgehead atoms. The molecule has 0 spiro atoms. The van der Waals surface area contributed by atoms with Gasteiger partial charge in [-0.1, -0.05) is 19.8 Å². The maximum absolute atomic E-state index is 7.89. The molecule has 1 aromatic heterocycles. The van der Waals surface area contributed by atoms with Crippen LogP contribution in [0.4, 0.5) is 5.69 Å². The molecule has 6 nitrogen and oxygen atoms in total. The number of nitrogens with zero attached hydrogens (tertiary/aromatic N) is 4. The fourth-order valence-corrected chi connectivity index (χ4v) is 5.47. The van der Waals surface area contributed by atoms with Crippen molar-refractivity contribution in [1.29, 1.82) is 5.41 Å². The summed E-state index contributed by atoms with van der Waals surface area (Å²) in [5.74, 6) is 0.865.